The van der Waals surface area contributed by atoms with Crippen LogP contribution in [-0.2, 0) is 22.8 Å². The van der Waals surface area contributed by atoms with E-state index in [0.29, 0.717) is 11.8 Å². The van der Waals surface area contributed by atoms with Gasteiger partial charge >= 0.3 is 8.60 Å². The van der Waals surface area contributed by atoms with Crippen LogP contribution >= 0.6 is 8.60 Å². The average Bonchev–Trinajstić information content (AvgIpc) is 2.66. The molecule has 0 fully saturated rings. The summed E-state index contributed by atoms with van der Waals surface area (Å²) in [6, 6.07) is 9.29. The van der Waals surface area contributed by atoms with Crippen LogP contribution in [0.15, 0.2) is 24.3 Å². The molecular weight excluding hydrogens is 415 g/mol. The summed E-state index contributed by atoms with van der Waals surface area (Å²) in [7, 11) is 0.131. The summed E-state index contributed by atoms with van der Waals surface area (Å²) in [5.74, 6) is 3.21. The van der Waals surface area contributed by atoms with Crippen LogP contribution in [0.4, 0.5) is 0 Å². The minimum absolute atomic E-state index is 0.0526. The molecule has 0 bridgehead atoms. The van der Waals surface area contributed by atoms with Crippen molar-refractivity contribution in [3.8, 4) is 11.5 Å². The molecule has 2 unspecified atom stereocenters. The monoisotopic (exact) mass is 456 g/mol. The van der Waals surface area contributed by atoms with E-state index in [1.54, 1.807) is 7.11 Å². The van der Waals surface area contributed by atoms with E-state index in [9.17, 15) is 0 Å². The molecule has 0 N–H and O–H groups in total. The highest BCUT2D eigenvalue weighted by Crippen LogP contribution is 2.53. The van der Waals surface area contributed by atoms with Gasteiger partial charge in [-0.1, -0.05) is 79.7 Å². The largest absolute Gasteiger partial charge is 0.462 e. The third kappa shape index (κ3) is 5.49. The SMILES string of the molecule is COP1Oc2c(C)cc(CC(C)C)cc2C(C)c2cc(CC(C)C)cc(C(C)(C)C)c2O1. The van der Waals surface area contributed by atoms with Crippen LogP contribution in [0.1, 0.15) is 94.7 Å². The first-order valence-corrected chi connectivity index (χ1v) is 13.0. The highest BCUT2D eigenvalue weighted by Gasteiger charge is 2.33. The van der Waals surface area contributed by atoms with E-state index in [1.807, 2.05) is 0 Å². The van der Waals surface area contributed by atoms with Crippen molar-refractivity contribution < 1.29 is 13.6 Å². The summed E-state index contributed by atoms with van der Waals surface area (Å²) < 4.78 is 18.6. The maximum Gasteiger partial charge on any atom is 0.462 e. The normalized spacial score (nSPS) is 18.5. The van der Waals surface area contributed by atoms with Crippen molar-refractivity contribution in [2.24, 2.45) is 11.8 Å². The first kappa shape index (κ1) is 25.1. The molecule has 0 aromatic heterocycles. The molecule has 2 aromatic rings. The van der Waals surface area contributed by atoms with Gasteiger partial charge in [-0.05, 0) is 53.7 Å². The van der Waals surface area contributed by atoms with Gasteiger partial charge in [-0.25, -0.2) is 0 Å². The van der Waals surface area contributed by atoms with Gasteiger partial charge in [0, 0.05) is 29.7 Å². The number of rotatable bonds is 5. The van der Waals surface area contributed by atoms with Crippen molar-refractivity contribution >= 4 is 8.60 Å². The predicted molar refractivity (Wildman–Crippen MR) is 136 cm³/mol. The minimum Gasteiger partial charge on any atom is -0.417 e. The smallest absolute Gasteiger partial charge is 0.417 e. The molecule has 0 saturated carbocycles. The van der Waals surface area contributed by atoms with E-state index < -0.39 is 8.60 Å². The second kappa shape index (κ2) is 9.74. The number of benzene rings is 2. The number of hydrogen-bond donors (Lipinski definition) is 0. The van der Waals surface area contributed by atoms with Gasteiger partial charge in [-0.2, -0.15) is 0 Å². The molecule has 2 atom stereocenters. The van der Waals surface area contributed by atoms with Crippen LogP contribution in [0.25, 0.3) is 0 Å². The zero-order valence-electron chi connectivity index (χ0n) is 21.6. The second-order valence-corrected chi connectivity index (χ2v) is 12.3. The molecule has 2 aromatic carbocycles. The second-order valence-electron chi connectivity index (χ2n) is 11.1. The van der Waals surface area contributed by atoms with E-state index >= 15 is 0 Å². The van der Waals surface area contributed by atoms with Gasteiger partial charge in [0.1, 0.15) is 11.5 Å². The van der Waals surface area contributed by atoms with Crippen LogP contribution in [0, 0.1) is 18.8 Å². The Kier molecular flexibility index (Phi) is 7.62. The lowest BCUT2D eigenvalue weighted by atomic mass is 9.79. The molecule has 0 saturated heterocycles. The molecule has 4 heteroatoms. The fourth-order valence-electron chi connectivity index (χ4n) is 4.61. The van der Waals surface area contributed by atoms with E-state index in [2.05, 4.69) is 86.6 Å². The van der Waals surface area contributed by atoms with Gasteiger partial charge in [0.2, 0.25) is 0 Å². The molecular formula is C28H41O3P. The van der Waals surface area contributed by atoms with Crippen molar-refractivity contribution in [3.63, 3.8) is 0 Å². The van der Waals surface area contributed by atoms with Gasteiger partial charge in [0.25, 0.3) is 0 Å². The third-order valence-corrected chi connectivity index (χ3v) is 7.01. The Bertz CT molecular complexity index is 956. The fraction of sp³-hybridized carbons (Fsp3) is 0.571. The fourth-order valence-corrected chi connectivity index (χ4v) is 5.54. The van der Waals surface area contributed by atoms with Crippen molar-refractivity contribution in [3.05, 3.63) is 57.6 Å². The highest BCUT2D eigenvalue weighted by molar-refractivity contribution is 7.42. The van der Waals surface area contributed by atoms with Gasteiger partial charge < -0.3 is 9.05 Å². The Morgan fingerprint density at radius 2 is 1.38 bits per heavy atom. The van der Waals surface area contributed by atoms with E-state index in [-0.39, 0.29) is 11.3 Å². The Morgan fingerprint density at radius 3 is 1.88 bits per heavy atom. The topological polar surface area (TPSA) is 27.7 Å². The number of hydrogen-bond acceptors (Lipinski definition) is 3. The Morgan fingerprint density at radius 1 is 0.875 bits per heavy atom. The standard InChI is InChI=1S/C28H41O3P/c1-17(2)11-21-13-19(5)26-23(14-21)20(6)24-15-22(12-18(3)4)16-25(28(7,8)9)27(24)31-32(29-10)30-26/h13-18,20H,11-12H2,1-10H3. The predicted octanol–water partition coefficient (Wildman–Crippen LogP) is 8.49. The van der Waals surface area contributed by atoms with Crippen LogP contribution in [0.3, 0.4) is 0 Å². The summed E-state index contributed by atoms with van der Waals surface area (Å²) in [6.07, 6.45) is 2.11. The van der Waals surface area contributed by atoms with Crippen molar-refractivity contribution in [1.82, 2.24) is 0 Å². The number of aryl methyl sites for hydroxylation is 1. The lowest BCUT2D eigenvalue weighted by molar-refractivity contribution is 0.314. The van der Waals surface area contributed by atoms with Crippen molar-refractivity contribution in [1.29, 1.82) is 0 Å². The van der Waals surface area contributed by atoms with Gasteiger partial charge in [-0.15, -0.1) is 0 Å². The molecule has 32 heavy (non-hydrogen) atoms. The maximum absolute atomic E-state index is 6.50. The lowest BCUT2D eigenvalue weighted by Gasteiger charge is -2.32. The maximum atomic E-state index is 6.50. The van der Waals surface area contributed by atoms with Crippen LogP contribution in [-0.4, -0.2) is 7.11 Å². The molecule has 0 amide bonds. The summed E-state index contributed by atoms with van der Waals surface area (Å²) in [4.78, 5) is 0. The molecule has 0 radical (unpaired) electrons. The summed E-state index contributed by atoms with van der Waals surface area (Å²) in [5, 5.41) is 0. The average molecular weight is 457 g/mol. The molecule has 3 rings (SSSR count). The van der Waals surface area contributed by atoms with Gasteiger partial charge in [-0.3, -0.25) is 4.52 Å². The van der Waals surface area contributed by atoms with E-state index in [1.165, 1.54) is 27.8 Å². The Labute approximate surface area is 196 Å². The summed E-state index contributed by atoms with van der Waals surface area (Å²) in [5.41, 5.74) is 7.53. The lowest BCUT2D eigenvalue weighted by Crippen LogP contribution is -2.18. The Balaban J connectivity index is 2.28. The molecule has 176 valence electrons. The zero-order valence-corrected chi connectivity index (χ0v) is 22.5. The van der Waals surface area contributed by atoms with Crippen LogP contribution < -0.4 is 9.05 Å². The molecule has 0 aliphatic carbocycles. The van der Waals surface area contributed by atoms with Crippen LogP contribution in [0.2, 0.25) is 0 Å². The molecule has 3 nitrogen and oxygen atoms in total. The van der Waals surface area contributed by atoms with Crippen molar-refractivity contribution in [2.45, 2.75) is 86.5 Å². The first-order valence-electron chi connectivity index (χ1n) is 11.9. The quantitative estimate of drug-likeness (QED) is 0.422. The van der Waals surface area contributed by atoms with Gasteiger partial charge in [0.05, 0.1) is 0 Å². The molecule has 1 aliphatic heterocycles. The molecule has 0 spiro atoms. The van der Waals surface area contributed by atoms with Crippen molar-refractivity contribution in [2.75, 3.05) is 7.11 Å². The van der Waals surface area contributed by atoms with Gasteiger partial charge in [0.15, 0.2) is 0 Å². The third-order valence-electron chi connectivity index (χ3n) is 6.05. The summed E-state index contributed by atoms with van der Waals surface area (Å²) >= 11 is 0. The first-order chi connectivity index (χ1) is 14.9. The molecule has 1 heterocycles. The molecule has 1 aliphatic rings. The van der Waals surface area contributed by atoms with Crippen LogP contribution in [0.5, 0.6) is 11.5 Å². The number of fused-ring (bicyclic) bond motifs is 2. The Hall–Kier alpha value is -1.57. The minimum atomic E-state index is -1.54. The zero-order chi connectivity index (χ0) is 23.8. The van der Waals surface area contributed by atoms with E-state index in [4.69, 9.17) is 13.6 Å². The highest BCUT2D eigenvalue weighted by atomic mass is 31.2. The summed E-state index contributed by atoms with van der Waals surface area (Å²) in [6.45, 7) is 20.3. The van der Waals surface area contributed by atoms with E-state index in [0.717, 1.165) is 29.9 Å².